The van der Waals surface area contributed by atoms with Gasteiger partial charge >= 0.3 is 0 Å². The van der Waals surface area contributed by atoms with Gasteiger partial charge in [-0.2, -0.15) is 16.8 Å². The predicted octanol–water partition coefficient (Wildman–Crippen LogP) is -0.724. The summed E-state index contributed by atoms with van der Waals surface area (Å²) in [7, 11) is -8.51. The second-order valence-electron chi connectivity index (χ2n) is 1.64. The van der Waals surface area contributed by atoms with E-state index in [1.165, 1.54) is 0 Å². The van der Waals surface area contributed by atoms with E-state index in [0.29, 0.717) is 6.08 Å². The van der Waals surface area contributed by atoms with Crippen LogP contribution < -0.4 is 0 Å². The maximum atomic E-state index is 9.94. The Bertz CT molecular complexity index is 332. The first-order valence-electron chi connectivity index (χ1n) is 2.30. The fraction of sp³-hybridized carbons (Fsp3) is 0.333. The van der Waals surface area contributed by atoms with E-state index >= 15 is 0 Å². The highest BCUT2D eigenvalue weighted by Gasteiger charge is 2.01. The molecule has 8 heteroatoms. The molecule has 11 heavy (non-hydrogen) atoms. The molecular weight excluding hydrogens is 196 g/mol. The number of hydrogen-bond donors (Lipinski definition) is 2. The molecule has 0 saturated carbocycles. The van der Waals surface area contributed by atoms with Crippen molar-refractivity contribution in [1.29, 1.82) is 0 Å². The zero-order valence-corrected chi connectivity index (χ0v) is 6.84. The van der Waals surface area contributed by atoms with Gasteiger partial charge in [0.05, 0.1) is 11.2 Å². The van der Waals surface area contributed by atoms with Gasteiger partial charge in [0.1, 0.15) is 0 Å². The molecule has 0 aliphatic heterocycles. The van der Waals surface area contributed by atoms with Crippen molar-refractivity contribution in [2.75, 3.05) is 5.75 Å². The van der Waals surface area contributed by atoms with Crippen molar-refractivity contribution in [3.8, 4) is 0 Å². The summed E-state index contributed by atoms with van der Waals surface area (Å²) in [6.45, 7) is 0. The molecule has 0 atom stereocenters. The Hall–Kier alpha value is -0.440. The van der Waals surface area contributed by atoms with Crippen LogP contribution in [-0.4, -0.2) is 31.7 Å². The van der Waals surface area contributed by atoms with Gasteiger partial charge in [-0.3, -0.25) is 9.11 Å². The van der Waals surface area contributed by atoms with Crippen LogP contribution in [0, 0.1) is 0 Å². The lowest BCUT2D eigenvalue weighted by atomic mass is 10.8. The summed E-state index contributed by atoms with van der Waals surface area (Å²) < 4.78 is 55.8. The monoisotopic (exact) mass is 202 g/mol. The highest BCUT2D eigenvalue weighted by atomic mass is 32.2. The van der Waals surface area contributed by atoms with Crippen molar-refractivity contribution in [2.45, 2.75) is 0 Å². The predicted molar refractivity (Wildman–Crippen MR) is 37.1 cm³/mol. The van der Waals surface area contributed by atoms with Crippen LogP contribution in [0.1, 0.15) is 0 Å². The molecule has 0 aromatic carbocycles. The van der Waals surface area contributed by atoms with Gasteiger partial charge in [0.15, 0.2) is 0 Å². The normalized spacial score (nSPS) is 14.0. The van der Waals surface area contributed by atoms with Gasteiger partial charge in [0, 0.05) is 0 Å². The van der Waals surface area contributed by atoms with E-state index in [9.17, 15) is 16.8 Å². The molecule has 6 nitrogen and oxygen atoms in total. The van der Waals surface area contributed by atoms with Crippen LogP contribution in [0.3, 0.4) is 0 Å². The Labute approximate surface area is 64.0 Å². The molecule has 0 amide bonds. The average molecular weight is 202 g/mol. The van der Waals surface area contributed by atoms with E-state index in [1.807, 2.05) is 0 Å². The Balaban J connectivity index is 4.23. The van der Waals surface area contributed by atoms with Crippen LogP contribution in [-0.2, 0) is 20.2 Å². The maximum absolute atomic E-state index is 9.94. The summed E-state index contributed by atoms with van der Waals surface area (Å²) in [5, 5.41) is 0.279. The summed E-state index contributed by atoms with van der Waals surface area (Å²) in [6.07, 6.45) is 0.616. The quantitative estimate of drug-likeness (QED) is 0.584. The lowest BCUT2D eigenvalue weighted by Crippen LogP contribution is -2.01. The molecule has 0 rings (SSSR count). The molecule has 0 spiro atoms. The third kappa shape index (κ3) is 9.56. The van der Waals surface area contributed by atoms with Gasteiger partial charge in [0.2, 0.25) is 0 Å². The topological polar surface area (TPSA) is 109 Å². The molecule has 0 aliphatic rings. The molecule has 0 radical (unpaired) electrons. The van der Waals surface area contributed by atoms with E-state index in [2.05, 4.69) is 0 Å². The summed E-state index contributed by atoms with van der Waals surface area (Å²) in [6, 6.07) is 0. The summed E-state index contributed by atoms with van der Waals surface area (Å²) in [5.74, 6) is -0.840. The van der Waals surface area contributed by atoms with E-state index in [1.54, 1.807) is 0 Å². The Morgan fingerprint density at radius 3 is 1.82 bits per heavy atom. The van der Waals surface area contributed by atoms with Gasteiger partial charge in [-0.1, -0.05) is 6.08 Å². The van der Waals surface area contributed by atoms with Crippen LogP contribution in [0.15, 0.2) is 11.5 Å². The molecule has 66 valence electrons. The summed E-state index contributed by atoms with van der Waals surface area (Å²) in [5.41, 5.74) is 0. The molecule has 0 saturated heterocycles. The average Bonchev–Trinajstić information content (AvgIpc) is 1.55. The van der Waals surface area contributed by atoms with Crippen LogP contribution in [0.5, 0.6) is 0 Å². The molecule has 0 bridgehead atoms. The van der Waals surface area contributed by atoms with Crippen molar-refractivity contribution in [3.63, 3.8) is 0 Å². The third-order valence-corrected chi connectivity index (χ3v) is 1.73. The fourth-order valence-electron chi connectivity index (χ4n) is 0.282. The molecular formula is C3H6O6S2. The first-order chi connectivity index (χ1) is 4.71. The van der Waals surface area contributed by atoms with Gasteiger partial charge in [-0.25, -0.2) is 0 Å². The largest absolute Gasteiger partial charge is 0.287 e. The molecule has 0 heterocycles. The second-order valence-corrected chi connectivity index (χ2v) is 4.43. The molecule has 0 aliphatic carbocycles. The first kappa shape index (κ1) is 10.6. The van der Waals surface area contributed by atoms with Crippen molar-refractivity contribution in [2.24, 2.45) is 0 Å². The smallest absolute Gasteiger partial charge is 0.285 e. The minimum atomic E-state index is -4.30. The summed E-state index contributed by atoms with van der Waals surface area (Å²) in [4.78, 5) is 0. The highest BCUT2D eigenvalue weighted by molar-refractivity contribution is 7.89. The van der Waals surface area contributed by atoms with Crippen molar-refractivity contribution in [1.82, 2.24) is 0 Å². The lowest BCUT2D eigenvalue weighted by molar-refractivity contribution is 0.487. The second kappa shape index (κ2) is 3.30. The number of hydrogen-bond acceptors (Lipinski definition) is 4. The zero-order chi connectivity index (χ0) is 9.12. The van der Waals surface area contributed by atoms with E-state index in [-0.39, 0.29) is 5.41 Å². The minimum Gasteiger partial charge on any atom is -0.285 e. The SMILES string of the molecule is O=S(=O)(O)/C=C\CS(=O)(=O)O. The lowest BCUT2D eigenvalue weighted by Gasteiger charge is -1.86. The molecule has 2 N–H and O–H groups in total. The van der Waals surface area contributed by atoms with Crippen molar-refractivity contribution >= 4 is 20.2 Å². The highest BCUT2D eigenvalue weighted by Crippen LogP contribution is 1.88. The Morgan fingerprint density at radius 1 is 1.09 bits per heavy atom. The summed E-state index contributed by atoms with van der Waals surface area (Å²) >= 11 is 0. The van der Waals surface area contributed by atoms with Crippen LogP contribution in [0.2, 0.25) is 0 Å². The molecule has 0 aromatic rings. The molecule has 0 fully saturated rings. The van der Waals surface area contributed by atoms with E-state index in [4.69, 9.17) is 9.11 Å². The minimum absolute atomic E-state index is 0.279. The van der Waals surface area contributed by atoms with Crippen molar-refractivity contribution in [3.05, 3.63) is 11.5 Å². The Morgan fingerprint density at radius 2 is 1.55 bits per heavy atom. The van der Waals surface area contributed by atoms with Crippen LogP contribution in [0.4, 0.5) is 0 Å². The van der Waals surface area contributed by atoms with Crippen LogP contribution >= 0.6 is 0 Å². The van der Waals surface area contributed by atoms with E-state index < -0.39 is 26.0 Å². The van der Waals surface area contributed by atoms with Gasteiger partial charge in [-0.15, -0.1) is 0 Å². The Kier molecular flexibility index (Phi) is 3.17. The van der Waals surface area contributed by atoms with E-state index in [0.717, 1.165) is 0 Å². The fourth-order valence-corrected chi connectivity index (χ4v) is 1.08. The van der Waals surface area contributed by atoms with Gasteiger partial charge in [0.25, 0.3) is 20.2 Å². The maximum Gasteiger partial charge on any atom is 0.287 e. The first-order valence-corrected chi connectivity index (χ1v) is 5.41. The molecule has 0 aromatic heterocycles. The zero-order valence-electron chi connectivity index (χ0n) is 5.21. The standard InChI is InChI=1S/C3H6O6S2/c4-10(5,6)2-1-3-11(7,8)9/h1-2H,3H2,(H,4,5,6)(H,7,8,9)/b2-1-. The van der Waals surface area contributed by atoms with Crippen molar-refractivity contribution < 1.29 is 25.9 Å². The molecule has 0 unspecified atom stereocenters. The van der Waals surface area contributed by atoms with Gasteiger partial charge < -0.3 is 0 Å². The van der Waals surface area contributed by atoms with Gasteiger partial charge in [-0.05, 0) is 0 Å². The third-order valence-electron chi connectivity index (χ3n) is 0.575. The number of rotatable bonds is 3. The van der Waals surface area contributed by atoms with Crippen LogP contribution in [0.25, 0.3) is 0 Å².